The molecular formula is C18H30N2. The van der Waals surface area contributed by atoms with Crippen LogP contribution < -0.4 is 11.3 Å². The van der Waals surface area contributed by atoms with Crippen molar-refractivity contribution in [3.63, 3.8) is 0 Å². The van der Waals surface area contributed by atoms with Crippen LogP contribution in [0.1, 0.15) is 57.4 Å². The largest absolute Gasteiger partial charge is 0.271 e. The molecule has 1 aromatic carbocycles. The second-order valence-electron chi connectivity index (χ2n) is 6.35. The lowest BCUT2D eigenvalue weighted by molar-refractivity contribution is 0.201. The standard InChI is InChI=1S/C18H30N2/c1-2-15-10-6-12-17(14-15)18(20-19)13-7-11-16-8-4-3-5-9-16/h3-5,8-9,15,17-18,20H,2,6-7,10-14,19H2,1H3. The third kappa shape index (κ3) is 4.60. The first-order chi connectivity index (χ1) is 9.83. The van der Waals surface area contributed by atoms with Gasteiger partial charge in [-0.25, -0.2) is 0 Å². The monoisotopic (exact) mass is 274 g/mol. The second kappa shape index (κ2) is 8.43. The smallest absolute Gasteiger partial charge is 0.0239 e. The molecule has 1 fully saturated rings. The van der Waals surface area contributed by atoms with Crippen molar-refractivity contribution in [1.29, 1.82) is 0 Å². The molecule has 0 saturated heterocycles. The Kier molecular flexibility index (Phi) is 6.55. The molecule has 20 heavy (non-hydrogen) atoms. The fourth-order valence-corrected chi connectivity index (χ4v) is 3.69. The van der Waals surface area contributed by atoms with Crippen molar-refractivity contribution in [3.8, 4) is 0 Å². The molecule has 2 heteroatoms. The van der Waals surface area contributed by atoms with Crippen molar-refractivity contribution in [3.05, 3.63) is 35.9 Å². The van der Waals surface area contributed by atoms with Crippen molar-refractivity contribution < 1.29 is 0 Å². The van der Waals surface area contributed by atoms with E-state index in [1.54, 1.807) is 0 Å². The molecule has 3 atom stereocenters. The minimum absolute atomic E-state index is 0.507. The number of hydrazine groups is 1. The molecule has 1 aliphatic rings. The van der Waals surface area contributed by atoms with Gasteiger partial charge >= 0.3 is 0 Å². The summed E-state index contributed by atoms with van der Waals surface area (Å²) in [6.07, 6.45) is 10.5. The summed E-state index contributed by atoms with van der Waals surface area (Å²) in [6.45, 7) is 2.33. The predicted octanol–water partition coefficient (Wildman–Crippen LogP) is 4.06. The number of nitrogens with one attached hydrogen (secondary N) is 1. The topological polar surface area (TPSA) is 38.0 Å². The average Bonchev–Trinajstić information content (AvgIpc) is 2.52. The first-order valence-electron chi connectivity index (χ1n) is 8.33. The van der Waals surface area contributed by atoms with Crippen LogP contribution in [0.25, 0.3) is 0 Å². The van der Waals surface area contributed by atoms with Crippen LogP contribution in [0.3, 0.4) is 0 Å². The summed E-state index contributed by atoms with van der Waals surface area (Å²) in [5, 5.41) is 0. The van der Waals surface area contributed by atoms with E-state index in [1.807, 2.05) is 0 Å². The van der Waals surface area contributed by atoms with Gasteiger partial charge in [-0.2, -0.15) is 0 Å². The Morgan fingerprint density at radius 1 is 1.25 bits per heavy atom. The van der Waals surface area contributed by atoms with Gasteiger partial charge in [0.15, 0.2) is 0 Å². The first kappa shape index (κ1) is 15.5. The maximum absolute atomic E-state index is 5.82. The van der Waals surface area contributed by atoms with E-state index in [1.165, 1.54) is 56.9 Å². The van der Waals surface area contributed by atoms with Gasteiger partial charge in [-0.15, -0.1) is 0 Å². The summed E-state index contributed by atoms with van der Waals surface area (Å²) in [5.41, 5.74) is 4.55. The molecule has 0 radical (unpaired) electrons. The number of benzene rings is 1. The molecule has 0 aromatic heterocycles. The zero-order chi connectivity index (χ0) is 14.2. The highest BCUT2D eigenvalue weighted by Gasteiger charge is 2.26. The summed E-state index contributed by atoms with van der Waals surface area (Å²) >= 11 is 0. The van der Waals surface area contributed by atoms with Crippen molar-refractivity contribution in [2.45, 2.75) is 64.3 Å². The molecule has 0 aliphatic heterocycles. The molecule has 112 valence electrons. The zero-order valence-corrected chi connectivity index (χ0v) is 12.9. The van der Waals surface area contributed by atoms with E-state index in [4.69, 9.17) is 5.84 Å². The molecule has 1 aliphatic carbocycles. The Balaban J connectivity index is 1.77. The lowest BCUT2D eigenvalue weighted by atomic mass is 9.76. The summed E-state index contributed by atoms with van der Waals surface area (Å²) in [4.78, 5) is 0. The molecule has 0 spiro atoms. The predicted molar refractivity (Wildman–Crippen MR) is 86.2 cm³/mol. The molecule has 3 N–H and O–H groups in total. The van der Waals surface area contributed by atoms with Crippen LogP contribution in [0.15, 0.2) is 30.3 Å². The van der Waals surface area contributed by atoms with Crippen molar-refractivity contribution in [2.75, 3.05) is 0 Å². The Morgan fingerprint density at radius 2 is 2.05 bits per heavy atom. The van der Waals surface area contributed by atoms with Gasteiger partial charge in [0.2, 0.25) is 0 Å². The minimum atomic E-state index is 0.507. The van der Waals surface area contributed by atoms with E-state index in [0.717, 1.165) is 11.8 Å². The third-order valence-electron chi connectivity index (χ3n) is 5.01. The summed E-state index contributed by atoms with van der Waals surface area (Å²) in [7, 11) is 0. The normalized spacial score (nSPS) is 24.5. The van der Waals surface area contributed by atoms with Crippen LogP contribution in [0.5, 0.6) is 0 Å². The first-order valence-corrected chi connectivity index (χ1v) is 8.33. The van der Waals surface area contributed by atoms with E-state index in [9.17, 15) is 0 Å². The van der Waals surface area contributed by atoms with Crippen LogP contribution in [0.4, 0.5) is 0 Å². The van der Waals surface area contributed by atoms with Gasteiger partial charge in [0, 0.05) is 6.04 Å². The van der Waals surface area contributed by atoms with E-state index in [0.29, 0.717) is 6.04 Å². The number of hydrogen-bond acceptors (Lipinski definition) is 2. The minimum Gasteiger partial charge on any atom is -0.271 e. The third-order valence-corrected chi connectivity index (χ3v) is 5.01. The molecule has 3 unspecified atom stereocenters. The molecule has 0 heterocycles. The Hall–Kier alpha value is -0.860. The van der Waals surface area contributed by atoms with Crippen LogP contribution >= 0.6 is 0 Å². The fraction of sp³-hybridized carbons (Fsp3) is 0.667. The van der Waals surface area contributed by atoms with Crippen molar-refractivity contribution in [1.82, 2.24) is 5.43 Å². The fourth-order valence-electron chi connectivity index (χ4n) is 3.69. The molecular weight excluding hydrogens is 244 g/mol. The van der Waals surface area contributed by atoms with Gasteiger partial charge in [-0.05, 0) is 49.5 Å². The van der Waals surface area contributed by atoms with Crippen LogP contribution in [0.2, 0.25) is 0 Å². The molecule has 1 saturated carbocycles. The summed E-state index contributed by atoms with van der Waals surface area (Å²) < 4.78 is 0. The SMILES string of the molecule is CCC1CCCC(C(CCCc2ccccc2)NN)C1. The van der Waals surface area contributed by atoms with Crippen LogP contribution in [-0.4, -0.2) is 6.04 Å². The van der Waals surface area contributed by atoms with E-state index in [-0.39, 0.29) is 0 Å². The van der Waals surface area contributed by atoms with Gasteiger partial charge in [-0.1, -0.05) is 56.5 Å². The second-order valence-corrected chi connectivity index (χ2v) is 6.35. The van der Waals surface area contributed by atoms with E-state index >= 15 is 0 Å². The van der Waals surface area contributed by atoms with Crippen molar-refractivity contribution in [2.24, 2.45) is 17.7 Å². The van der Waals surface area contributed by atoms with E-state index < -0.39 is 0 Å². The number of aryl methyl sites for hydroxylation is 1. The highest BCUT2D eigenvalue weighted by atomic mass is 15.2. The lowest BCUT2D eigenvalue weighted by Crippen LogP contribution is -2.42. The van der Waals surface area contributed by atoms with E-state index in [2.05, 4.69) is 42.7 Å². The molecule has 0 bridgehead atoms. The average molecular weight is 274 g/mol. The molecule has 0 amide bonds. The lowest BCUT2D eigenvalue weighted by Gasteiger charge is -2.34. The van der Waals surface area contributed by atoms with Crippen molar-refractivity contribution >= 4 is 0 Å². The Morgan fingerprint density at radius 3 is 2.75 bits per heavy atom. The Bertz CT molecular complexity index is 363. The Labute approximate surface area is 124 Å². The van der Waals surface area contributed by atoms with Gasteiger partial charge in [-0.3, -0.25) is 11.3 Å². The quantitative estimate of drug-likeness (QED) is 0.581. The number of hydrogen-bond donors (Lipinski definition) is 2. The molecule has 1 aromatic rings. The number of nitrogens with two attached hydrogens (primary N) is 1. The van der Waals surface area contributed by atoms with Crippen LogP contribution in [-0.2, 0) is 6.42 Å². The van der Waals surface area contributed by atoms with Gasteiger partial charge in [0.1, 0.15) is 0 Å². The molecule has 2 nitrogen and oxygen atoms in total. The maximum Gasteiger partial charge on any atom is 0.0239 e. The van der Waals surface area contributed by atoms with Gasteiger partial charge in [0.25, 0.3) is 0 Å². The van der Waals surface area contributed by atoms with Gasteiger partial charge in [0.05, 0.1) is 0 Å². The number of rotatable bonds is 7. The highest BCUT2D eigenvalue weighted by Crippen LogP contribution is 2.33. The highest BCUT2D eigenvalue weighted by molar-refractivity contribution is 5.14. The summed E-state index contributed by atoms with van der Waals surface area (Å²) in [5.74, 6) is 7.54. The van der Waals surface area contributed by atoms with Gasteiger partial charge < -0.3 is 0 Å². The molecule has 2 rings (SSSR count). The van der Waals surface area contributed by atoms with Crippen LogP contribution in [0, 0.1) is 11.8 Å². The zero-order valence-electron chi connectivity index (χ0n) is 12.9. The summed E-state index contributed by atoms with van der Waals surface area (Å²) in [6, 6.07) is 11.3. The maximum atomic E-state index is 5.82.